The fourth-order valence-corrected chi connectivity index (χ4v) is 3.41. The number of carbonyl (C=O) groups excluding carboxylic acids is 2. The molecule has 0 aromatic heterocycles. The van der Waals surface area contributed by atoms with Gasteiger partial charge in [-0.1, -0.05) is 18.2 Å². The second-order valence-electron chi connectivity index (χ2n) is 7.47. The number of methoxy groups -OCH3 is 1. The number of para-hydroxylation sites is 1. The van der Waals surface area contributed by atoms with Crippen molar-refractivity contribution in [3.8, 4) is 17.2 Å². The Labute approximate surface area is 202 Å². The minimum atomic E-state index is -1.15. The summed E-state index contributed by atoms with van der Waals surface area (Å²) in [4.78, 5) is 24.4. The lowest BCUT2D eigenvalue weighted by atomic mass is 9.95. The number of benzene rings is 2. The van der Waals surface area contributed by atoms with Gasteiger partial charge < -0.3 is 35.1 Å². The topological polar surface area (TPSA) is 151 Å². The summed E-state index contributed by atoms with van der Waals surface area (Å²) in [7, 11) is 1.27. The monoisotopic (exact) mass is 484 g/mol. The van der Waals surface area contributed by atoms with Crippen molar-refractivity contribution < 1.29 is 34.0 Å². The highest BCUT2D eigenvalue weighted by molar-refractivity contribution is 5.95. The van der Waals surface area contributed by atoms with E-state index in [1.54, 1.807) is 50.2 Å². The second kappa shape index (κ2) is 11.7. The zero-order valence-electron chi connectivity index (χ0n) is 19.6. The van der Waals surface area contributed by atoms with Crippen LogP contribution in [0.15, 0.2) is 58.8 Å². The molecule has 11 heteroatoms. The average Bonchev–Trinajstić information content (AvgIpc) is 2.83. The number of esters is 1. The number of hydrogen-bond donors (Lipinski definition) is 5. The highest BCUT2D eigenvalue weighted by Crippen LogP contribution is 2.34. The number of aliphatic hydroxyl groups excluding tert-OH is 1. The Morgan fingerprint density at radius 2 is 2.00 bits per heavy atom. The molecule has 2 atom stereocenters. The van der Waals surface area contributed by atoms with Crippen molar-refractivity contribution in [3.05, 3.63) is 64.9 Å². The Balaban J connectivity index is 1.72. The number of nitrogens with zero attached hydrogens (tertiary/aromatic N) is 1. The van der Waals surface area contributed by atoms with Crippen molar-refractivity contribution in [3.63, 3.8) is 0 Å². The second-order valence-corrected chi connectivity index (χ2v) is 7.47. The number of phenolic OH excluding ortho intramolecular Hbond substituents is 1. The number of aliphatic hydroxyl groups is 1. The predicted molar refractivity (Wildman–Crippen MR) is 127 cm³/mol. The first kappa shape index (κ1) is 25.4. The average molecular weight is 485 g/mol. The molecule has 2 aromatic carbocycles. The summed E-state index contributed by atoms with van der Waals surface area (Å²) in [5.41, 5.74) is 4.25. The number of ether oxygens (including phenoxy) is 3. The summed E-state index contributed by atoms with van der Waals surface area (Å²) in [6.07, 6.45) is 0.229. The van der Waals surface area contributed by atoms with Crippen molar-refractivity contribution in [2.24, 2.45) is 5.10 Å². The summed E-state index contributed by atoms with van der Waals surface area (Å²) in [6.45, 7) is 3.60. The van der Waals surface area contributed by atoms with Crippen LogP contribution in [0.3, 0.4) is 0 Å². The third-order valence-corrected chi connectivity index (χ3v) is 5.04. The molecule has 186 valence electrons. The van der Waals surface area contributed by atoms with Gasteiger partial charge in [-0.25, -0.2) is 9.59 Å². The molecule has 5 N–H and O–H groups in total. The molecule has 1 aliphatic heterocycles. The maximum absolute atomic E-state index is 12.3. The lowest BCUT2D eigenvalue weighted by Crippen LogP contribution is -2.45. The van der Waals surface area contributed by atoms with Gasteiger partial charge >= 0.3 is 12.0 Å². The summed E-state index contributed by atoms with van der Waals surface area (Å²) in [5.74, 6) is 0.207. The van der Waals surface area contributed by atoms with E-state index >= 15 is 0 Å². The van der Waals surface area contributed by atoms with Crippen LogP contribution in [0.5, 0.6) is 17.2 Å². The molecular weight excluding hydrogens is 456 g/mol. The predicted octanol–water partition coefficient (Wildman–Crippen LogP) is 1.91. The Kier molecular flexibility index (Phi) is 8.52. The summed E-state index contributed by atoms with van der Waals surface area (Å²) < 4.78 is 16.3. The zero-order valence-corrected chi connectivity index (χ0v) is 19.6. The standard InChI is InChI=1S/C24H28N4O7/c1-4-34-19-11-15(22-21(23(31)33-3)14(2)26-24(32)27-22)9-10-18(19)35-13-20(30)28-25-12-16-7-5-6-8-17(16)29/h5-12,20,22,28-30H,4,13H2,1-3H3,(H2,26,27,32)/b25-12-/t20-,22-/m0/s1. The SMILES string of the molecule is CCOc1cc([C@@H]2NC(=O)NC(C)=C2C(=O)OC)ccc1OC[C@H](O)N/N=C\c1ccccc1O. The molecule has 3 rings (SSSR count). The molecule has 1 aliphatic rings. The molecule has 0 spiro atoms. The number of rotatable bonds is 10. The van der Waals surface area contributed by atoms with E-state index in [2.05, 4.69) is 21.2 Å². The number of hydrazone groups is 1. The molecule has 0 saturated carbocycles. The number of carbonyl (C=O) groups is 2. The van der Waals surface area contributed by atoms with Crippen LogP contribution in [0.25, 0.3) is 0 Å². The lowest BCUT2D eigenvalue weighted by molar-refractivity contribution is -0.136. The summed E-state index contributed by atoms with van der Waals surface area (Å²) in [5, 5.41) is 29.1. The molecule has 2 amide bonds. The number of aromatic hydroxyl groups is 1. The first-order valence-corrected chi connectivity index (χ1v) is 10.8. The normalized spacial score (nSPS) is 16.3. The van der Waals surface area contributed by atoms with Crippen molar-refractivity contribution in [2.75, 3.05) is 20.3 Å². The van der Waals surface area contributed by atoms with Gasteiger partial charge in [0.1, 0.15) is 12.4 Å². The highest BCUT2D eigenvalue weighted by Gasteiger charge is 2.32. The van der Waals surface area contributed by atoms with E-state index in [9.17, 15) is 19.8 Å². The van der Waals surface area contributed by atoms with Crippen LogP contribution in [0, 0.1) is 0 Å². The fraction of sp³-hybridized carbons (Fsp3) is 0.292. The number of phenols is 1. The van der Waals surface area contributed by atoms with E-state index < -0.39 is 24.3 Å². The molecule has 2 aromatic rings. The number of amides is 2. The third kappa shape index (κ3) is 6.42. The van der Waals surface area contributed by atoms with Crippen LogP contribution in [-0.2, 0) is 9.53 Å². The van der Waals surface area contributed by atoms with Gasteiger partial charge in [0.05, 0.1) is 31.5 Å². The van der Waals surface area contributed by atoms with Crippen molar-refractivity contribution in [2.45, 2.75) is 26.1 Å². The summed E-state index contributed by atoms with van der Waals surface area (Å²) in [6, 6.07) is 10.4. The summed E-state index contributed by atoms with van der Waals surface area (Å²) >= 11 is 0. The van der Waals surface area contributed by atoms with Crippen molar-refractivity contribution in [1.29, 1.82) is 0 Å². The Morgan fingerprint density at radius 3 is 2.71 bits per heavy atom. The number of urea groups is 1. The van der Waals surface area contributed by atoms with Crippen molar-refractivity contribution in [1.82, 2.24) is 16.1 Å². The van der Waals surface area contributed by atoms with Crippen molar-refractivity contribution >= 4 is 18.2 Å². The van der Waals surface area contributed by atoms with E-state index in [-0.39, 0.29) is 17.9 Å². The maximum Gasteiger partial charge on any atom is 0.337 e. The quantitative estimate of drug-likeness (QED) is 0.149. The van der Waals surface area contributed by atoms with Crippen LogP contribution < -0.4 is 25.5 Å². The van der Waals surface area contributed by atoms with Crippen LogP contribution >= 0.6 is 0 Å². The van der Waals surface area contributed by atoms with E-state index in [4.69, 9.17) is 14.2 Å². The molecule has 0 aliphatic carbocycles. The van der Waals surface area contributed by atoms with Gasteiger partial charge in [-0.05, 0) is 43.7 Å². The third-order valence-electron chi connectivity index (χ3n) is 5.04. The highest BCUT2D eigenvalue weighted by atomic mass is 16.5. The molecule has 0 bridgehead atoms. The van der Waals surface area contributed by atoms with Crippen LogP contribution in [-0.4, -0.2) is 55.0 Å². The van der Waals surface area contributed by atoms with Crippen LogP contribution in [0.4, 0.5) is 4.79 Å². The van der Waals surface area contributed by atoms with E-state index in [0.29, 0.717) is 34.9 Å². The van der Waals surface area contributed by atoms with Crippen LogP contribution in [0.1, 0.15) is 31.0 Å². The minimum Gasteiger partial charge on any atom is -0.507 e. The zero-order chi connectivity index (χ0) is 25.4. The smallest absolute Gasteiger partial charge is 0.337 e. The van der Waals surface area contributed by atoms with Gasteiger partial charge in [-0.3, -0.25) is 5.43 Å². The Hall–Kier alpha value is -4.25. The molecule has 0 radical (unpaired) electrons. The van der Waals surface area contributed by atoms with E-state index in [1.165, 1.54) is 19.4 Å². The molecule has 0 unspecified atom stereocenters. The van der Waals surface area contributed by atoms with Gasteiger partial charge in [-0.15, -0.1) is 0 Å². The van der Waals surface area contributed by atoms with Gasteiger partial charge in [0.25, 0.3) is 0 Å². The van der Waals surface area contributed by atoms with Crippen LogP contribution in [0.2, 0.25) is 0 Å². The number of nitrogens with one attached hydrogen (secondary N) is 3. The first-order chi connectivity index (χ1) is 16.8. The first-order valence-electron chi connectivity index (χ1n) is 10.8. The molecule has 0 fully saturated rings. The van der Waals surface area contributed by atoms with E-state index in [1.807, 2.05) is 0 Å². The Morgan fingerprint density at radius 1 is 1.23 bits per heavy atom. The minimum absolute atomic E-state index is 0.0653. The fourth-order valence-electron chi connectivity index (χ4n) is 3.41. The molecule has 1 heterocycles. The number of hydrogen-bond acceptors (Lipinski definition) is 9. The van der Waals surface area contributed by atoms with E-state index in [0.717, 1.165) is 0 Å². The molecule has 35 heavy (non-hydrogen) atoms. The van der Waals surface area contributed by atoms with Gasteiger partial charge in [0.2, 0.25) is 0 Å². The van der Waals surface area contributed by atoms with Gasteiger partial charge in [-0.2, -0.15) is 5.10 Å². The van der Waals surface area contributed by atoms with Gasteiger partial charge in [0, 0.05) is 11.3 Å². The van der Waals surface area contributed by atoms with Gasteiger partial charge in [0.15, 0.2) is 17.7 Å². The Bertz CT molecular complexity index is 1130. The lowest BCUT2D eigenvalue weighted by Gasteiger charge is -2.28. The molecule has 11 nitrogen and oxygen atoms in total. The molecular formula is C24H28N4O7. The number of allylic oxidation sites excluding steroid dienone is 1. The maximum atomic E-state index is 12.3. The molecule has 0 saturated heterocycles. The largest absolute Gasteiger partial charge is 0.507 e.